The van der Waals surface area contributed by atoms with E-state index in [4.69, 9.17) is 4.74 Å². The van der Waals surface area contributed by atoms with Gasteiger partial charge < -0.3 is 15.0 Å². The number of anilines is 1. The van der Waals surface area contributed by atoms with Crippen LogP contribution >= 0.6 is 0 Å². The Morgan fingerprint density at radius 3 is 2.67 bits per heavy atom. The molecule has 2 rings (SSSR count). The molecule has 4 nitrogen and oxygen atoms in total. The third-order valence-corrected chi connectivity index (χ3v) is 2.83. The van der Waals surface area contributed by atoms with Crippen LogP contribution in [0.1, 0.15) is 5.56 Å². The molecule has 0 unspecified atom stereocenters. The Kier molecular flexibility index (Phi) is 3.67. The molecule has 96 valence electrons. The molecule has 1 aromatic heterocycles. The van der Waals surface area contributed by atoms with E-state index in [1.165, 1.54) is 5.56 Å². The van der Waals surface area contributed by atoms with Crippen molar-refractivity contribution in [3.63, 3.8) is 0 Å². The van der Waals surface area contributed by atoms with Crippen molar-refractivity contribution >= 4 is 16.7 Å². The summed E-state index contributed by atoms with van der Waals surface area (Å²) in [6, 6.07) is 8.13. The second-order valence-electron chi connectivity index (χ2n) is 4.54. The van der Waals surface area contributed by atoms with Crippen LogP contribution in [0.25, 0.3) is 10.9 Å². The lowest BCUT2D eigenvalue weighted by Gasteiger charge is -2.14. The highest BCUT2D eigenvalue weighted by Crippen LogP contribution is 2.24. The number of ether oxygens (including phenoxy) is 1. The fourth-order valence-corrected chi connectivity index (χ4v) is 2.00. The fourth-order valence-electron chi connectivity index (χ4n) is 2.00. The summed E-state index contributed by atoms with van der Waals surface area (Å²) in [7, 11) is 7.67. The van der Waals surface area contributed by atoms with E-state index in [0.29, 0.717) is 0 Å². The van der Waals surface area contributed by atoms with E-state index in [1.807, 2.05) is 25.2 Å². The number of pyridine rings is 1. The molecule has 0 fully saturated rings. The Morgan fingerprint density at radius 1 is 1.28 bits per heavy atom. The molecule has 0 aliphatic heterocycles. The molecule has 0 spiro atoms. The smallest absolute Gasteiger partial charge is 0.130 e. The van der Waals surface area contributed by atoms with Crippen molar-refractivity contribution in [1.82, 2.24) is 9.88 Å². The Bertz CT molecular complexity index is 552. The van der Waals surface area contributed by atoms with Crippen LogP contribution in [0.3, 0.4) is 0 Å². The van der Waals surface area contributed by atoms with Gasteiger partial charge in [0.25, 0.3) is 0 Å². The van der Waals surface area contributed by atoms with Crippen LogP contribution in [0.4, 0.5) is 5.82 Å². The second-order valence-corrected chi connectivity index (χ2v) is 4.54. The van der Waals surface area contributed by atoms with Crippen molar-refractivity contribution in [3.05, 3.63) is 29.8 Å². The van der Waals surface area contributed by atoms with Crippen LogP contribution in [0.2, 0.25) is 0 Å². The number of rotatable bonds is 4. The van der Waals surface area contributed by atoms with Gasteiger partial charge in [-0.3, -0.25) is 0 Å². The topological polar surface area (TPSA) is 37.4 Å². The lowest BCUT2D eigenvalue weighted by molar-refractivity contribution is 0.403. The first-order valence-corrected chi connectivity index (χ1v) is 5.94. The minimum Gasteiger partial charge on any atom is -0.497 e. The monoisotopic (exact) mass is 245 g/mol. The maximum atomic E-state index is 5.22. The number of benzene rings is 1. The Morgan fingerprint density at radius 2 is 2.06 bits per heavy atom. The molecule has 1 heterocycles. The minimum absolute atomic E-state index is 0.831. The molecule has 0 atom stereocenters. The summed E-state index contributed by atoms with van der Waals surface area (Å²) in [6.07, 6.45) is 0. The van der Waals surface area contributed by atoms with E-state index >= 15 is 0 Å². The Labute approximate surface area is 108 Å². The average molecular weight is 245 g/mol. The molecule has 18 heavy (non-hydrogen) atoms. The lowest BCUT2D eigenvalue weighted by atomic mass is 10.1. The maximum Gasteiger partial charge on any atom is 0.130 e. The summed E-state index contributed by atoms with van der Waals surface area (Å²) >= 11 is 0. The number of aromatic nitrogens is 1. The molecule has 4 heteroatoms. The number of hydrogen-bond acceptors (Lipinski definition) is 4. The van der Waals surface area contributed by atoms with E-state index in [-0.39, 0.29) is 0 Å². The van der Waals surface area contributed by atoms with Crippen LogP contribution in [-0.2, 0) is 6.54 Å². The van der Waals surface area contributed by atoms with Gasteiger partial charge in [0.15, 0.2) is 0 Å². The van der Waals surface area contributed by atoms with Gasteiger partial charge in [-0.05, 0) is 32.3 Å². The summed E-state index contributed by atoms with van der Waals surface area (Å²) in [4.78, 5) is 6.77. The van der Waals surface area contributed by atoms with Crippen LogP contribution in [0, 0.1) is 0 Å². The van der Waals surface area contributed by atoms with Crippen molar-refractivity contribution in [2.24, 2.45) is 0 Å². The van der Waals surface area contributed by atoms with Gasteiger partial charge in [-0.15, -0.1) is 0 Å². The van der Waals surface area contributed by atoms with Crippen molar-refractivity contribution < 1.29 is 4.74 Å². The number of fused-ring (bicyclic) bond motifs is 1. The molecular formula is C14H19N3O. The van der Waals surface area contributed by atoms with Gasteiger partial charge in [0.2, 0.25) is 0 Å². The van der Waals surface area contributed by atoms with E-state index in [9.17, 15) is 0 Å². The molecular weight excluding hydrogens is 226 g/mol. The summed E-state index contributed by atoms with van der Waals surface area (Å²) in [5.41, 5.74) is 2.14. The van der Waals surface area contributed by atoms with Gasteiger partial charge in [-0.2, -0.15) is 0 Å². The Balaban J connectivity index is 2.53. The van der Waals surface area contributed by atoms with Crippen molar-refractivity contribution in [1.29, 1.82) is 0 Å². The predicted molar refractivity (Wildman–Crippen MR) is 75.2 cm³/mol. The minimum atomic E-state index is 0.831. The third-order valence-electron chi connectivity index (χ3n) is 2.83. The first-order chi connectivity index (χ1) is 8.63. The SMILES string of the molecule is CNc1nc2cc(OC)ccc2cc1CN(C)C. The van der Waals surface area contributed by atoms with Crippen molar-refractivity contribution in [3.8, 4) is 5.75 Å². The molecule has 0 saturated carbocycles. The highest BCUT2D eigenvalue weighted by atomic mass is 16.5. The van der Waals surface area contributed by atoms with Crippen molar-refractivity contribution in [2.45, 2.75) is 6.54 Å². The third kappa shape index (κ3) is 2.54. The molecule has 0 bridgehead atoms. The Hall–Kier alpha value is -1.81. The molecule has 2 aromatic rings. The van der Waals surface area contributed by atoms with Gasteiger partial charge in [-0.25, -0.2) is 4.98 Å². The average Bonchev–Trinajstić information content (AvgIpc) is 2.36. The zero-order valence-corrected chi connectivity index (χ0v) is 11.3. The van der Waals surface area contributed by atoms with Crippen LogP contribution in [0.15, 0.2) is 24.3 Å². The summed E-state index contributed by atoms with van der Waals surface area (Å²) in [6.45, 7) is 0.866. The first-order valence-electron chi connectivity index (χ1n) is 5.94. The summed E-state index contributed by atoms with van der Waals surface area (Å²) < 4.78 is 5.22. The number of hydrogen-bond donors (Lipinski definition) is 1. The zero-order valence-electron chi connectivity index (χ0n) is 11.3. The van der Waals surface area contributed by atoms with Gasteiger partial charge >= 0.3 is 0 Å². The largest absolute Gasteiger partial charge is 0.497 e. The lowest BCUT2D eigenvalue weighted by Crippen LogP contribution is -2.13. The molecule has 0 radical (unpaired) electrons. The molecule has 0 amide bonds. The van der Waals surface area contributed by atoms with Crippen molar-refractivity contribution in [2.75, 3.05) is 33.6 Å². The highest BCUT2D eigenvalue weighted by Gasteiger charge is 2.07. The van der Waals surface area contributed by atoms with Gasteiger partial charge in [0.1, 0.15) is 11.6 Å². The standard InChI is InChI=1S/C14H19N3O/c1-15-14-11(9-17(2)3)7-10-5-6-12(18-4)8-13(10)16-14/h5-8H,9H2,1-4H3,(H,15,16). The predicted octanol–water partition coefficient (Wildman–Crippen LogP) is 2.35. The van der Waals surface area contributed by atoms with Crippen LogP contribution in [-0.4, -0.2) is 38.1 Å². The summed E-state index contributed by atoms with van der Waals surface area (Å²) in [5, 5.41) is 4.28. The molecule has 1 aromatic carbocycles. The number of nitrogens with one attached hydrogen (secondary N) is 1. The van der Waals surface area contributed by atoms with E-state index < -0.39 is 0 Å². The van der Waals surface area contributed by atoms with Gasteiger partial charge in [0.05, 0.1) is 12.6 Å². The second kappa shape index (κ2) is 5.23. The molecule has 0 saturated heterocycles. The van der Waals surface area contributed by atoms with Crippen LogP contribution < -0.4 is 10.1 Å². The van der Waals surface area contributed by atoms with E-state index in [0.717, 1.165) is 29.0 Å². The number of nitrogens with zero attached hydrogens (tertiary/aromatic N) is 2. The van der Waals surface area contributed by atoms with E-state index in [2.05, 4.69) is 35.4 Å². The van der Waals surface area contributed by atoms with Gasteiger partial charge in [0, 0.05) is 30.6 Å². The highest BCUT2D eigenvalue weighted by molar-refractivity contribution is 5.83. The first kappa shape index (κ1) is 12.6. The van der Waals surface area contributed by atoms with E-state index in [1.54, 1.807) is 7.11 Å². The molecule has 1 N–H and O–H groups in total. The normalized spacial score (nSPS) is 10.9. The number of methoxy groups -OCH3 is 1. The van der Waals surface area contributed by atoms with Gasteiger partial charge in [-0.1, -0.05) is 0 Å². The zero-order chi connectivity index (χ0) is 13.1. The summed E-state index contributed by atoms with van der Waals surface area (Å²) in [5.74, 6) is 1.75. The molecule has 0 aliphatic rings. The molecule has 0 aliphatic carbocycles. The maximum absolute atomic E-state index is 5.22. The fraction of sp³-hybridized carbons (Fsp3) is 0.357. The quantitative estimate of drug-likeness (QED) is 0.897. The van der Waals surface area contributed by atoms with Crippen LogP contribution in [0.5, 0.6) is 5.75 Å².